The minimum Gasteiger partial charge on any atom is -0.623 e. The van der Waals surface area contributed by atoms with E-state index in [0.29, 0.717) is 11.8 Å². The Balaban J connectivity index is 1.66. The molecule has 7 heteroatoms. The molecule has 2 rings (SSSR count). The molecule has 2 atom stereocenters. The van der Waals surface area contributed by atoms with Crippen molar-refractivity contribution in [3.8, 4) is 0 Å². The molecule has 0 aromatic carbocycles. The molecule has 1 saturated heterocycles. The highest BCUT2D eigenvalue weighted by Gasteiger charge is 2.42. The van der Waals surface area contributed by atoms with Crippen molar-refractivity contribution in [2.75, 3.05) is 26.8 Å². The van der Waals surface area contributed by atoms with Gasteiger partial charge < -0.3 is 5.21 Å². The number of aromatic nitrogens is 2. The van der Waals surface area contributed by atoms with Gasteiger partial charge in [-0.25, -0.2) is 0 Å². The number of hydrogen-bond donors (Lipinski definition) is 1. The Bertz CT molecular complexity index is 603. The number of hydrogen-bond acceptors (Lipinski definition) is 6. The summed E-state index contributed by atoms with van der Waals surface area (Å²) < 4.78 is -0.414. The highest BCUT2D eigenvalue weighted by atomic mass is 32.1. The maximum absolute atomic E-state index is 13.7. The molecule has 0 radical (unpaired) electrons. The summed E-state index contributed by atoms with van der Waals surface area (Å²) in [6, 6.07) is 0. The van der Waals surface area contributed by atoms with Gasteiger partial charge in [-0.05, 0) is 24.8 Å². The molecular weight excluding hydrogens is 394 g/mol. The highest BCUT2D eigenvalue weighted by molar-refractivity contribution is 7.15. The molecule has 174 valence electrons. The molecule has 1 aliphatic rings. The van der Waals surface area contributed by atoms with Crippen molar-refractivity contribution in [3.63, 3.8) is 0 Å². The topological polar surface area (TPSA) is 64.1 Å². The van der Waals surface area contributed by atoms with E-state index < -0.39 is 4.65 Å². The molecule has 1 aromatic heterocycles. The first-order chi connectivity index (χ1) is 14.3. The van der Waals surface area contributed by atoms with Crippen LogP contribution in [0.5, 0.6) is 0 Å². The standard InChI is InChI=1S/C23H45N5OS/c1-6-7-8-9-10-11-12-13-14-15-16-17-24-20-18-27(5)19-28(20,29)22-26-25-21(30-22)23(2,3)4/h20,24H,6-19H2,1-5H3. The van der Waals surface area contributed by atoms with Crippen molar-refractivity contribution in [2.45, 2.75) is 110 Å². The van der Waals surface area contributed by atoms with Crippen molar-refractivity contribution >= 4 is 16.5 Å². The molecule has 30 heavy (non-hydrogen) atoms. The van der Waals surface area contributed by atoms with E-state index >= 15 is 0 Å². The number of rotatable bonds is 14. The van der Waals surface area contributed by atoms with Crippen LogP contribution in [0.3, 0.4) is 0 Å². The quantitative estimate of drug-likeness (QED) is 0.226. The number of likely N-dealkylation sites (N-methyl/N-ethyl adjacent to an activating group) is 1. The van der Waals surface area contributed by atoms with Crippen molar-refractivity contribution in [1.29, 1.82) is 0 Å². The van der Waals surface area contributed by atoms with Gasteiger partial charge in [0.25, 0.3) is 0 Å². The summed E-state index contributed by atoms with van der Waals surface area (Å²) in [4.78, 5) is 2.10. The third-order valence-electron chi connectivity index (χ3n) is 5.98. The van der Waals surface area contributed by atoms with Gasteiger partial charge in [0.05, 0.1) is 6.54 Å². The lowest BCUT2D eigenvalue weighted by Gasteiger charge is -2.39. The molecule has 1 aromatic rings. The van der Waals surface area contributed by atoms with Gasteiger partial charge in [0, 0.05) is 12.0 Å². The van der Waals surface area contributed by atoms with Crippen LogP contribution in [0.1, 0.15) is 103 Å². The number of unbranched alkanes of at least 4 members (excludes halogenated alkanes) is 10. The predicted octanol–water partition coefficient (Wildman–Crippen LogP) is 5.77. The largest absolute Gasteiger partial charge is 0.623 e. The van der Waals surface area contributed by atoms with E-state index in [2.05, 4.69) is 48.1 Å². The van der Waals surface area contributed by atoms with E-state index in [0.717, 1.165) is 24.5 Å². The van der Waals surface area contributed by atoms with Crippen molar-refractivity contribution in [1.82, 2.24) is 25.1 Å². The first kappa shape index (κ1) is 25.7. The molecule has 2 heterocycles. The van der Waals surface area contributed by atoms with Gasteiger partial charge in [0.15, 0.2) is 6.17 Å². The molecule has 2 unspecified atom stereocenters. The molecule has 6 nitrogen and oxygen atoms in total. The SMILES string of the molecule is CCCCCCCCCCCCCNC1CN(C)C[N+]1([O-])c1nnc(C(C)(C)C)s1. The molecule has 0 amide bonds. The van der Waals surface area contributed by atoms with Crippen LogP contribution < -0.4 is 9.96 Å². The molecular formula is C23H45N5OS. The molecule has 1 fully saturated rings. The molecule has 0 spiro atoms. The second kappa shape index (κ2) is 12.4. The fraction of sp³-hybridized carbons (Fsp3) is 0.913. The Kier molecular flexibility index (Phi) is 10.6. The van der Waals surface area contributed by atoms with Crippen LogP contribution in [0.2, 0.25) is 0 Å². The van der Waals surface area contributed by atoms with E-state index in [9.17, 15) is 5.21 Å². The average Bonchev–Trinajstić information content (AvgIpc) is 3.28. The van der Waals surface area contributed by atoms with Crippen LogP contribution in [0.25, 0.3) is 0 Å². The minimum atomic E-state index is -0.414. The lowest BCUT2D eigenvalue weighted by atomic mass is 9.98. The molecule has 1 aliphatic heterocycles. The summed E-state index contributed by atoms with van der Waals surface area (Å²) in [5.74, 6) is 0. The van der Waals surface area contributed by atoms with E-state index in [4.69, 9.17) is 0 Å². The maximum atomic E-state index is 13.7. The van der Waals surface area contributed by atoms with E-state index in [-0.39, 0.29) is 11.6 Å². The first-order valence-corrected chi connectivity index (χ1v) is 12.9. The number of hydroxylamine groups is 2. The maximum Gasteiger partial charge on any atom is 0.309 e. The normalized spacial score (nSPS) is 22.8. The Morgan fingerprint density at radius 1 is 1.00 bits per heavy atom. The Morgan fingerprint density at radius 2 is 1.57 bits per heavy atom. The summed E-state index contributed by atoms with van der Waals surface area (Å²) in [6.45, 7) is 10.7. The monoisotopic (exact) mass is 439 g/mol. The molecule has 0 saturated carbocycles. The average molecular weight is 440 g/mol. The van der Waals surface area contributed by atoms with Gasteiger partial charge in [-0.1, -0.05) is 97.0 Å². The summed E-state index contributed by atoms with van der Waals surface area (Å²) in [5, 5.41) is 27.3. The van der Waals surface area contributed by atoms with Gasteiger partial charge in [0.2, 0.25) is 0 Å². The summed E-state index contributed by atoms with van der Waals surface area (Å²) in [7, 11) is 2.01. The van der Waals surface area contributed by atoms with Crippen LogP contribution in [-0.4, -0.2) is 48.1 Å². The fourth-order valence-corrected chi connectivity index (χ4v) is 5.06. The van der Waals surface area contributed by atoms with Gasteiger partial charge in [0.1, 0.15) is 11.7 Å². The predicted molar refractivity (Wildman–Crippen MR) is 130 cm³/mol. The summed E-state index contributed by atoms with van der Waals surface area (Å²) >= 11 is 1.47. The Hall–Kier alpha value is -0.600. The Labute approximate surface area is 188 Å². The lowest BCUT2D eigenvalue weighted by molar-refractivity contribution is 0.286. The first-order valence-electron chi connectivity index (χ1n) is 12.1. The van der Waals surface area contributed by atoms with Gasteiger partial charge in [-0.2, -0.15) is 0 Å². The van der Waals surface area contributed by atoms with Gasteiger partial charge in [-0.3, -0.25) is 14.9 Å². The number of nitrogens with zero attached hydrogens (tertiary/aromatic N) is 4. The van der Waals surface area contributed by atoms with Crippen LogP contribution in [0.4, 0.5) is 5.13 Å². The number of nitrogens with one attached hydrogen (secondary N) is 1. The Morgan fingerprint density at radius 3 is 2.10 bits per heavy atom. The molecule has 0 aliphatic carbocycles. The second-order valence-corrected chi connectivity index (χ2v) is 11.1. The van der Waals surface area contributed by atoms with Crippen LogP contribution in [0, 0.1) is 5.21 Å². The van der Waals surface area contributed by atoms with Gasteiger partial charge >= 0.3 is 5.13 Å². The third kappa shape index (κ3) is 7.83. The van der Waals surface area contributed by atoms with Crippen molar-refractivity contribution in [3.05, 3.63) is 10.2 Å². The zero-order valence-electron chi connectivity index (χ0n) is 20.1. The van der Waals surface area contributed by atoms with E-state index in [1.807, 2.05) is 7.05 Å². The third-order valence-corrected chi connectivity index (χ3v) is 7.44. The fourth-order valence-electron chi connectivity index (χ4n) is 4.08. The summed E-state index contributed by atoms with van der Waals surface area (Å²) in [5.41, 5.74) is -0.0703. The highest BCUT2D eigenvalue weighted by Crippen LogP contribution is 2.36. The zero-order valence-corrected chi connectivity index (χ0v) is 20.9. The molecule has 0 bridgehead atoms. The van der Waals surface area contributed by atoms with Crippen LogP contribution >= 0.6 is 11.3 Å². The lowest BCUT2D eigenvalue weighted by Crippen LogP contribution is -2.56. The van der Waals surface area contributed by atoms with Crippen LogP contribution in [-0.2, 0) is 5.41 Å². The van der Waals surface area contributed by atoms with Crippen molar-refractivity contribution < 1.29 is 0 Å². The van der Waals surface area contributed by atoms with E-state index in [1.54, 1.807) is 0 Å². The summed E-state index contributed by atoms with van der Waals surface area (Å²) in [6.07, 6.45) is 14.6. The molecule has 1 N–H and O–H groups in total. The van der Waals surface area contributed by atoms with Crippen molar-refractivity contribution in [2.24, 2.45) is 0 Å². The number of quaternary nitrogens is 1. The smallest absolute Gasteiger partial charge is 0.309 e. The minimum absolute atomic E-state index is 0.0703. The zero-order chi connectivity index (χ0) is 22.0. The second-order valence-electron chi connectivity index (χ2n) is 10.1. The van der Waals surface area contributed by atoms with E-state index in [1.165, 1.54) is 75.5 Å². The van der Waals surface area contributed by atoms with Crippen LogP contribution in [0.15, 0.2) is 0 Å². The van der Waals surface area contributed by atoms with Gasteiger partial charge in [-0.15, -0.1) is 5.10 Å².